The van der Waals surface area contributed by atoms with E-state index in [9.17, 15) is 14.4 Å². The van der Waals surface area contributed by atoms with Crippen molar-refractivity contribution in [2.24, 2.45) is 11.8 Å². The van der Waals surface area contributed by atoms with Crippen LogP contribution in [-0.2, 0) is 20.7 Å². The fourth-order valence-corrected chi connectivity index (χ4v) is 6.02. The van der Waals surface area contributed by atoms with Crippen LogP contribution < -0.4 is 5.32 Å². The van der Waals surface area contributed by atoms with Crippen molar-refractivity contribution in [3.63, 3.8) is 0 Å². The monoisotopic (exact) mass is 584 g/mol. The van der Waals surface area contributed by atoms with Gasteiger partial charge in [-0.2, -0.15) is 0 Å². The van der Waals surface area contributed by atoms with Gasteiger partial charge in [-0.3, -0.25) is 14.4 Å². The summed E-state index contributed by atoms with van der Waals surface area (Å²) in [5, 5.41) is 8.01. The van der Waals surface area contributed by atoms with Crippen LogP contribution in [0.2, 0.25) is 0 Å². The average Bonchev–Trinajstić information content (AvgIpc) is 3.63. The van der Waals surface area contributed by atoms with Gasteiger partial charge in [0.2, 0.25) is 5.91 Å². The third-order valence-electron chi connectivity index (χ3n) is 7.01. The zero-order valence-electron chi connectivity index (χ0n) is 24.1. The summed E-state index contributed by atoms with van der Waals surface area (Å²) in [7, 11) is 1.81. The Morgan fingerprint density at radius 3 is 2.40 bits per heavy atom. The molecule has 2 aromatic heterocycles. The van der Waals surface area contributed by atoms with E-state index in [0.717, 1.165) is 17.0 Å². The average molecular weight is 585 g/mol. The Morgan fingerprint density at radius 2 is 1.80 bits per heavy atom. The van der Waals surface area contributed by atoms with E-state index in [-0.39, 0.29) is 35.5 Å². The van der Waals surface area contributed by atoms with Crippen molar-refractivity contribution in [3.05, 3.63) is 68.6 Å². The molecule has 0 aliphatic rings. The van der Waals surface area contributed by atoms with Crippen LogP contribution in [0, 0.1) is 11.8 Å². The lowest BCUT2D eigenvalue weighted by molar-refractivity contribution is -0.148. The molecule has 1 N–H and O–H groups in total. The van der Waals surface area contributed by atoms with Gasteiger partial charge < -0.3 is 15.0 Å². The Morgan fingerprint density at radius 1 is 1.07 bits per heavy atom. The number of hydrogen-bond acceptors (Lipinski definition) is 8. The van der Waals surface area contributed by atoms with Gasteiger partial charge in [0.05, 0.1) is 6.04 Å². The first-order valence-corrected chi connectivity index (χ1v) is 15.5. The fourth-order valence-electron chi connectivity index (χ4n) is 4.50. The maximum atomic E-state index is 13.3. The second-order valence-electron chi connectivity index (χ2n) is 10.5. The number of ether oxygens (including phenoxy) is 1. The minimum absolute atomic E-state index is 0.0699. The lowest BCUT2D eigenvalue weighted by Gasteiger charge is -2.34. The molecule has 3 aromatic rings. The predicted molar refractivity (Wildman–Crippen MR) is 159 cm³/mol. The Bertz CT molecular complexity index is 1230. The van der Waals surface area contributed by atoms with Crippen LogP contribution >= 0.6 is 22.7 Å². The van der Waals surface area contributed by atoms with E-state index in [1.165, 1.54) is 29.6 Å². The van der Waals surface area contributed by atoms with Crippen molar-refractivity contribution in [1.82, 2.24) is 20.2 Å². The quantitative estimate of drug-likeness (QED) is 0.226. The van der Waals surface area contributed by atoms with Crippen molar-refractivity contribution in [2.75, 3.05) is 7.05 Å². The van der Waals surface area contributed by atoms with Crippen LogP contribution in [0.3, 0.4) is 0 Å². The molecular weight excluding hydrogens is 544 g/mol. The number of carbonyl (C=O) groups excluding carboxylic acids is 3. The maximum Gasteiger partial charge on any atom is 0.303 e. The van der Waals surface area contributed by atoms with E-state index in [0.29, 0.717) is 30.2 Å². The zero-order valence-corrected chi connectivity index (χ0v) is 25.8. The highest BCUT2D eigenvalue weighted by Crippen LogP contribution is 2.31. The van der Waals surface area contributed by atoms with Crippen molar-refractivity contribution in [1.29, 1.82) is 0 Å². The minimum Gasteiger partial charge on any atom is -0.455 e. The highest BCUT2D eigenvalue weighted by atomic mass is 32.1. The third kappa shape index (κ3) is 8.96. The molecule has 1 aromatic carbocycles. The van der Waals surface area contributed by atoms with E-state index in [4.69, 9.17) is 4.74 Å². The van der Waals surface area contributed by atoms with Gasteiger partial charge in [-0.1, -0.05) is 64.4 Å². The van der Waals surface area contributed by atoms with E-state index in [2.05, 4.69) is 43.0 Å². The number of nitrogens with zero attached hydrogens (tertiary/aromatic N) is 3. The third-order valence-corrected chi connectivity index (χ3v) is 8.84. The molecule has 40 heavy (non-hydrogen) atoms. The Hall–Kier alpha value is -3.11. The molecule has 10 heteroatoms. The fraction of sp³-hybridized carbons (Fsp3) is 0.500. The summed E-state index contributed by atoms with van der Waals surface area (Å²) in [6.07, 6.45) is 3.45. The summed E-state index contributed by atoms with van der Waals surface area (Å²) >= 11 is 2.77. The number of amides is 2. The van der Waals surface area contributed by atoms with E-state index < -0.39 is 12.1 Å². The van der Waals surface area contributed by atoms with E-state index in [1.54, 1.807) is 16.5 Å². The number of benzene rings is 1. The van der Waals surface area contributed by atoms with Gasteiger partial charge >= 0.3 is 5.97 Å². The molecule has 0 unspecified atom stereocenters. The molecule has 0 saturated carbocycles. The summed E-state index contributed by atoms with van der Waals surface area (Å²) in [5.41, 5.74) is 1.35. The molecule has 0 aliphatic heterocycles. The highest BCUT2D eigenvalue weighted by molar-refractivity contribution is 7.10. The molecule has 0 fully saturated rings. The van der Waals surface area contributed by atoms with Gasteiger partial charge in [0.15, 0.2) is 6.10 Å². The Labute approximate surface area is 245 Å². The van der Waals surface area contributed by atoms with Crippen LogP contribution in [0.5, 0.6) is 0 Å². The number of hydrogen-bond donors (Lipinski definition) is 1. The van der Waals surface area contributed by atoms with Gasteiger partial charge in [-0.25, -0.2) is 9.97 Å². The Kier molecular flexibility index (Phi) is 11.8. The molecule has 0 spiro atoms. The molecular formula is C30H40N4O4S2. The first kappa shape index (κ1) is 31.4. The lowest BCUT2D eigenvalue weighted by Crippen LogP contribution is -2.42. The lowest BCUT2D eigenvalue weighted by atomic mass is 9.95. The molecule has 8 nitrogen and oxygen atoms in total. The first-order valence-electron chi connectivity index (χ1n) is 13.7. The van der Waals surface area contributed by atoms with E-state index in [1.807, 2.05) is 42.8 Å². The second kappa shape index (κ2) is 15.0. The molecule has 4 atom stereocenters. The van der Waals surface area contributed by atoms with Crippen molar-refractivity contribution in [2.45, 2.75) is 78.5 Å². The highest BCUT2D eigenvalue weighted by Gasteiger charge is 2.31. The second-order valence-corrected chi connectivity index (χ2v) is 12.3. The van der Waals surface area contributed by atoms with Gasteiger partial charge in [0, 0.05) is 49.8 Å². The summed E-state index contributed by atoms with van der Waals surface area (Å²) in [6, 6.07) is 9.47. The number of rotatable bonds is 14. The molecule has 2 amide bonds. The molecule has 0 aliphatic carbocycles. The van der Waals surface area contributed by atoms with Gasteiger partial charge in [-0.15, -0.1) is 22.7 Å². The molecule has 2 heterocycles. The standard InChI is InChI=1S/C30H40N4O4S2/c1-7-20(4)15-27(36)34(6)25(19(2)3)17-26(38-21(5)35)30-33-24(18-40-30)28(37)32-23(29-31-13-14-39-29)16-22-11-9-8-10-12-22/h8-14,18-20,23,25-26H,7,15-17H2,1-6H3,(H,32,37)/t20-,23-,25+,26+/m0/s1. The topological polar surface area (TPSA) is 101 Å². The molecule has 3 rings (SSSR count). The van der Waals surface area contributed by atoms with Crippen molar-refractivity contribution in [3.8, 4) is 0 Å². The molecule has 216 valence electrons. The minimum atomic E-state index is -0.672. The van der Waals surface area contributed by atoms with Gasteiger partial charge in [0.25, 0.3) is 5.91 Å². The summed E-state index contributed by atoms with van der Waals surface area (Å²) in [6.45, 7) is 9.60. The van der Waals surface area contributed by atoms with E-state index >= 15 is 0 Å². The predicted octanol–water partition coefficient (Wildman–Crippen LogP) is 6.23. The first-order chi connectivity index (χ1) is 19.1. The number of carbonyl (C=O) groups is 3. The van der Waals surface area contributed by atoms with Gasteiger partial charge in [-0.05, 0) is 23.8 Å². The van der Waals surface area contributed by atoms with Crippen LogP contribution in [0.15, 0.2) is 47.3 Å². The number of aromatic nitrogens is 2. The zero-order chi connectivity index (χ0) is 29.2. The molecule has 0 saturated heterocycles. The van der Waals surface area contributed by atoms with Crippen molar-refractivity contribution < 1.29 is 19.1 Å². The maximum absolute atomic E-state index is 13.3. The molecule has 0 bridgehead atoms. The number of thiazole rings is 2. The number of esters is 1. The summed E-state index contributed by atoms with van der Waals surface area (Å²) < 4.78 is 5.69. The van der Waals surface area contributed by atoms with Crippen LogP contribution in [-0.4, -0.2) is 45.7 Å². The Balaban J connectivity index is 1.78. The molecule has 0 radical (unpaired) electrons. The van der Waals surface area contributed by atoms with Crippen LogP contribution in [0.1, 0.15) is 92.1 Å². The largest absolute Gasteiger partial charge is 0.455 e. The summed E-state index contributed by atoms with van der Waals surface area (Å²) in [5.74, 6) is -0.262. The van der Waals surface area contributed by atoms with Crippen LogP contribution in [0.25, 0.3) is 0 Å². The SMILES string of the molecule is CC[C@H](C)CC(=O)N(C)[C@H](C[C@@H](OC(C)=O)c1nc(C(=O)N[C@@H](Cc2ccccc2)c2nccs2)cs1)C(C)C. The van der Waals surface area contributed by atoms with Crippen molar-refractivity contribution >= 4 is 40.5 Å². The van der Waals surface area contributed by atoms with Gasteiger partial charge in [0.1, 0.15) is 15.7 Å². The normalized spacial score (nSPS) is 14.3. The van der Waals surface area contributed by atoms with Crippen LogP contribution in [0.4, 0.5) is 0 Å². The summed E-state index contributed by atoms with van der Waals surface area (Å²) in [4.78, 5) is 49.1. The number of nitrogens with one attached hydrogen (secondary N) is 1. The smallest absolute Gasteiger partial charge is 0.303 e.